The van der Waals surface area contributed by atoms with Gasteiger partial charge in [-0.3, -0.25) is 0 Å². The highest BCUT2D eigenvalue weighted by molar-refractivity contribution is 7.80. The zero-order chi connectivity index (χ0) is 14.9. The van der Waals surface area contributed by atoms with Crippen molar-refractivity contribution in [2.45, 2.75) is 20.8 Å². The van der Waals surface area contributed by atoms with E-state index in [9.17, 15) is 0 Å². The summed E-state index contributed by atoms with van der Waals surface area (Å²) in [7, 11) is 0. The van der Waals surface area contributed by atoms with Gasteiger partial charge in [-0.05, 0) is 61.7 Å². The summed E-state index contributed by atoms with van der Waals surface area (Å²) in [6.07, 6.45) is 0. The standard InChI is InChI=1S/C16H16ClNOS/c1-9-6-10(2)11(3)15(7-9)19-14-5-4-12(17)8-13(14)16(18)20/h4-8H,1-3H3,(H2,18,20). The minimum Gasteiger partial charge on any atom is -0.456 e. The van der Waals surface area contributed by atoms with E-state index in [1.54, 1.807) is 18.2 Å². The van der Waals surface area contributed by atoms with Crippen molar-refractivity contribution in [1.82, 2.24) is 0 Å². The highest BCUT2D eigenvalue weighted by Gasteiger charge is 2.11. The quantitative estimate of drug-likeness (QED) is 0.835. The Labute approximate surface area is 129 Å². The molecule has 0 radical (unpaired) electrons. The van der Waals surface area contributed by atoms with E-state index in [0.717, 1.165) is 16.9 Å². The Hall–Kier alpha value is -1.58. The minimum atomic E-state index is 0.268. The van der Waals surface area contributed by atoms with Gasteiger partial charge in [0.1, 0.15) is 16.5 Å². The number of nitrogens with two attached hydrogens (primary N) is 1. The smallest absolute Gasteiger partial charge is 0.137 e. The maximum Gasteiger partial charge on any atom is 0.137 e. The topological polar surface area (TPSA) is 35.2 Å². The molecule has 0 atom stereocenters. The molecule has 0 unspecified atom stereocenters. The van der Waals surface area contributed by atoms with Crippen molar-refractivity contribution in [3.8, 4) is 11.5 Å². The van der Waals surface area contributed by atoms with Crippen molar-refractivity contribution in [3.63, 3.8) is 0 Å². The molecule has 2 aromatic rings. The molecule has 2 N–H and O–H groups in total. The number of thiocarbonyl (C=S) groups is 1. The minimum absolute atomic E-state index is 0.268. The second-order valence-corrected chi connectivity index (χ2v) is 5.69. The molecule has 0 saturated carbocycles. The van der Waals surface area contributed by atoms with Crippen molar-refractivity contribution >= 4 is 28.8 Å². The molecule has 0 heterocycles. The average Bonchev–Trinajstić information content (AvgIpc) is 2.37. The molecule has 0 aliphatic carbocycles. The molecule has 0 aliphatic rings. The SMILES string of the molecule is Cc1cc(C)c(C)c(Oc2ccc(Cl)cc2C(N)=S)c1. The third-order valence-corrected chi connectivity index (χ3v) is 3.65. The van der Waals surface area contributed by atoms with Crippen molar-refractivity contribution in [2.24, 2.45) is 5.73 Å². The van der Waals surface area contributed by atoms with Crippen LogP contribution in [0.2, 0.25) is 5.02 Å². The highest BCUT2D eigenvalue weighted by atomic mass is 35.5. The molecular weight excluding hydrogens is 290 g/mol. The summed E-state index contributed by atoms with van der Waals surface area (Å²) in [6.45, 7) is 6.13. The molecule has 0 spiro atoms. The normalized spacial score (nSPS) is 10.4. The first-order chi connectivity index (χ1) is 9.38. The average molecular weight is 306 g/mol. The number of ether oxygens (including phenoxy) is 1. The summed E-state index contributed by atoms with van der Waals surface area (Å²) in [5, 5.41) is 0.581. The van der Waals surface area contributed by atoms with Crippen LogP contribution in [0.1, 0.15) is 22.3 Å². The number of hydrogen-bond acceptors (Lipinski definition) is 2. The van der Waals surface area contributed by atoms with Gasteiger partial charge in [0.05, 0.1) is 5.56 Å². The number of halogens is 1. The van der Waals surface area contributed by atoms with Gasteiger partial charge in [0.15, 0.2) is 0 Å². The first-order valence-corrected chi connectivity index (χ1v) is 7.02. The van der Waals surface area contributed by atoms with E-state index in [0.29, 0.717) is 16.3 Å². The molecule has 2 aromatic carbocycles. The summed E-state index contributed by atoms with van der Waals surface area (Å²) < 4.78 is 5.99. The van der Waals surface area contributed by atoms with Crippen LogP contribution in [0.4, 0.5) is 0 Å². The molecule has 0 aliphatic heterocycles. The van der Waals surface area contributed by atoms with Gasteiger partial charge in [-0.25, -0.2) is 0 Å². The maximum atomic E-state index is 5.99. The number of hydrogen-bond donors (Lipinski definition) is 1. The maximum absolute atomic E-state index is 5.99. The van der Waals surface area contributed by atoms with Gasteiger partial charge in [-0.1, -0.05) is 29.9 Å². The monoisotopic (exact) mass is 305 g/mol. The van der Waals surface area contributed by atoms with E-state index in [1.807, 2.05) is 19.9 Å². The Morgan fingerprint density at radius 1 is 1.10 bits per heavy atom. The predicted molar refractivity (Wildman–Crippen MR) is 88.1 cm³/mol. The lowest BCUT2D eigenvalue weighted by Gasteiger charge is -2.14. The number of benzene rings is 2. The van der Waals surface area contributed by atoms with Crippen LogP contribution in [0.25, 0.3) is 0 Å². The first-order valence-electron chi connectivity index (χ1n) is 6.23. The Balaban J connectivity index is 2.48. The molecule has 0 saturated heterocycles. The lowest BCUT2D eigenvalue weighted by molar-refractivity contribution is 0.477. The fraction of sp³-hybridized carbons (Fsp3) is 0.188. The fourth-order valence-electron chi connectivity index (χ4n) is 2.01. The largest absolute Gasteiger partial charge is 0.456 e. The Kier molecular flexibility index (Phi) is 4.31. The lowest BCUT2D eigenvalue weighted by atomic mass is 10.1. The summed E-state index contributed by atoms with van der Waals surface area (Å²) in [6, 6.07) is 9.39. The summed E-state index contributed by atoms with van der Waals surface area (Å²) in [4.78, 5) is 0.268. The molecule has 20 heavy (non-hydrogen) atoms. The molecule has 0 fully saturated rings. The van der Waals surface area contributed by atoms with E-state index >= 15 is 0 Å². The molecule has 0 aromatic heterocycles. The van der Waals surface area contributed by atoms with Gasteiger partial charge in [-0.2, -0.15) is 0 Å². The first kappa shape index (κ1) is 14.8. The third kappa shape index (κ3) is 3.11. The fourth-order valence-corrected chi connectivity index (χ4v) is 2.34. The van der Waals surface area contributed by atoms with Crippen LogP contribution in [-0.2, 0) is 0 Å². The van der Waals surface area contributed by atoms with Gasteiger partial charge in [-0.15, -0.1) is 0 Å². The van der Waals surface area contributed by atoms with Crippen LogP contribution < -0.4 is 10.5 Å². The van der Waals surface area contributed by atoms with Gasteiger partial charge < -0.3 is 10.5 Å². The van der Waals surface area contributed by atoms with Crippen molar-refractivity contribution < 1.29 is 4.74 Å². The third-order valence-electron chi connectivity index (χ3n) is 3.19. The Bertz CT molecular complexity index is 682. The molecular formula is C16H16ClNOS. The molecule has 0 bridgehead atoms. The summed E-state index contributed by atoms with van der Waals surface area (Å²) >= 11 is 11.0. The zero-order valence-corrected chi connectivity index (χ0v) is 13.2. The van der Waals surface area contributed by atoms with Crippen LogP contribution in [0.5, 0.6) is 11.5 Å². The van der Waals surface area contributed by atoms with E-state index in [4.69, 9.17) is 34.3 Å². The summed E-state index contributed by atoms with van der Waals surface area (Å²) in [5.74, 6) is 1.43. The van der Waals surface area contributed by atoms with Gasteiger partial charge in [0, 0.05) is 5.02 Å². The van der Waals surface area contributed by atoms with Crippen LogP contribution in [0, 0.1) is 20.8 Å². The van der Waals surface area contributed by atoms with E-state index in [2.05, 4.69) is 13.0 Å². The van der Waals surface area contributed by atoms with Crippen LogP contribution >= 0.6 is 23.8 Å². The van der Waals surface area contributed by atoms with Crippen molar-refractivity contribution in [1.29, 1.82) is 0 Å². The van der Waals surface area contributed by atoms with Gasteiger partial charge in [0.2, 0.25) is 0 Å². The van der Waals surface area contributed by atoms with Gasteiger partial charge in [0.25, 0.3) is 0 Å². The molecule has 104 valence electrons. The highest BCUT2D eigenvalue weighted by Crippen LogP contribution is 2.31. The lowest BCUT2D eigenvalue weighted by Crippen LogP contribution is -2.11. The second-order valence-electron chi connectivity index (χ2n) is 4.81. The molecule has 0 amide bonds. The molecule has 4 heteroatoms. The van der Waals surface area contributed by atoms with Crippen molar-refractivity contribution in [3.05, 3.63) is 57.6 Å². The van der Waals surface area contributed by atoms with E-state index < -0.39 is 0 Å². The van der Waals surface area contributed by atoms with E-state index in [1.165, 1.54) is 5.56 Å². The van der Waals surface area contributed by atoms with Crippen molar-refractivity contribution in [2.75, 3.05) is 0 Å². The van der Waals surface area contributed by atoms with E-state index in [-0.39, 0.29) is 4.99 Å². The summed E-state index contributed by atoms with van der Waals surface area (Å²) in [5.41, 5.74) is 9.80. The van der Waals surface area contributed by atoms with Crippen LogP contribution in [0.15, 0.2) is 30.3 Å². The second kappa shape index (κ2) is 5.81. The number of aryl methyl sites for hydroxylation is 2. The van der Waals surface area contributed by atoms with Crippen LogP contribution in [0.3, 0.4) is 0 Å². The predicted octanol–water partition coefficient (Wildman–Crippen LogP) is 4.69. The molecule has 2 rings (SSSR count). The van der Waals surface area contributed by atoms with Gasteiger partial charge >= 0.3 is 0 Å². The van der Waals surface area contributed by atoms with Crippen LogP contribution in [-0.4, -0.2) is 4.99 Å². The zero-order valence-electron chi connectivity index (χ0n) is 11.7. The number of rotatable bonds is 3. The molecule has 2 nitrogen and oxygen atoms in total. The Morgan fingerprint density at radius 3 is 2.45 bits per heavy atom. The Morgan fingerprint density at radius 2 is 1.80 bits per heavy atom.